The van der Waals surface area contributed by atoms with E-state index in [0.29, 0.717) is 41.2 Å². The molecule has 1 saturated carbocycles. The van der Waals surface area contributed by atoms with Crippen molar-refractivity contribution >= 4 is 44.6 Å². The van der Waals surface area contributed by atoms with Gasteiger partial charge in [0, 0.05) is 54.9 Å². The number of aromatic nitrogens is 1. The monoisotopic (exact) mass is 815 g/mol. The van der Waals surface area contributed by atoms with Crippen molar-refractivity contribution in [2.24, 2.45) is 17.3 Å². The van der Waals surface area contributed by atoms with E-state index in [0.717, 1.165) is 24.8 Å². The van der Waals surface area contributed by atoms with E-state index in [4.69, 9.17) is 14.5 Å². The topological polar surface area (TPSA) is 164 Å². The molecule has 0 bridgehead atoms. The molecule has 2 saturated heterocycles. The Kier molecular flexibility index (Phi) is 12.0. The minimum Gasteiger partial charge on any atom is -0.497 e. The summed E-state index contributed by atoms with van der Waals surface area (Å²) in [5.41, 5.74) is -0.0866. The van der Waals surface area contributed by atoms with Gasteiger partial charge in [0.1, 0.15) is 29.2 Å². The molecule has 1 aliphatic carbocycles. The second kappa shape index (κ2) is 16.3. The van der Waals surface area contributed by atoms with E-state index < -0.39 is 61.5 Å². The Bertz CT molecular complexity index is 2170. The van der Waals surface area contributed by atoms with Crippen LogP contribution in [0.5, 0.6) is 11.5 Å². The third kappa shape index (κ3) is 8.86. The largest absolute Gasteiger partial charge is 0.497 e. The fourth-order valence-corrected chi connectivity index (χ4v) is 8.56. The molecule has 0 spiro atoms. The summed E-state index contributed by atoms with van der Waals surface area (Å²) in [7, 11) is -2.53. The van der Waals surface area contributed by atoms with Crippen LogP contribution >= 0.6 is 0 Å². The highest BCUT2D eigenvalue weighted by Crippen LogP contribution is 2.46. The maximum atomic E-state index is 14.9. The van der Waals surface area contributed by atoms with Crippen molar-refractivity contribution in [1.82, 2.24) is 24.8 Å². The van der Waals surface area contributed by atoms with Crippen molar-refractivity contribution in [3.8, 4) is 22.8 Å². The number of benzene rings is 2. The maximum Gasteiger partial charge on any atom is 0.259 e. The molecule has 312 valence electrons. The summed E-state index contributed by atoms with van der Waals surface area (Å²) >= 11 is 0. The van der Waals surface area contributed by atoms with Gasteiger partial charge in [-0.3, -0.25) is 23.9 Å². The maximum absolute atomic E-state index is 14.9. The van der Waals surface area contributed by atoms with E-state index >= 15 is 0 Å². The van der Waals surface area contributed by atoms with Gasteiger partial charge in [0.15, 0.2) is 0 Å². The van der Waals surface area contributed by atoms with Gasteiger partial charge in [0.25, 0.3) is 5.91 Å². The van der Waals surface area contributed by atoms with Crippen LogP contribution in [-0.4, -0.2) is 96.0 Å². The van der Waals surface area contributed by atoms with Gasteiger partial charge in [0.05, 0.1) is 35.5 Å². The minimum absolute atomic E-state index is 0.0184. The molecule has 2 aliphatic heterocycles. The number of methoxy groups -OCH3 is 1. The lowest BCUT2D eigenvalue weighted by molar-refractivity contribution is -0.148. The fourth-order valence-electron chi connectivity index (χ4n) is 7.83. The lowest BCUT2D eigenvalue weighted by atomic mass is 9.77. The SMILES string of the molecule is C=C[C@@H]1C[C@]1(NC(=O)[C@@H]1C[C@@H](Oc2cc(-c3ccccc3)nc3cc(OC)ccc23)CN1C(=O)[C@@H](CC(=O)N1CCCCC1)C(C)(C)C)C(=O)NS(=O)(=O)C(C)(C)C. The molecule has 14 heteroatoms. The quantitative estimate of drug-likeness (QED) is 0.221. The summed E-state index contributed by atoms with van der Waals surface area (Å²) in [5, 5.41) is 3.56. The van der Waals surface area contributed by atoms with E-state index in [1.807, 2.05) is 80.3 Å². The second-order valence-corrected chi connectivity index (χ2v) is 20.3. The number of fused-ring (bicyclic) bond motifs is 1. The van der Waals surface area contributed by atoms with Crippen LogP contribution in [0.3, 0.4) is 0 Å². The number of rotatable bonds is 12. The van der Waals surface area contributed by atoms with Gasteiger partial charge >= 0.3 is 0 Å². The number of carbonyl (C=O) groups excluding carboxylic acids is 4. The van der Waals surface area contributed by atoms with Crippen molar-refractivity contribution in [1.29, 1.82) is 0 Å². The molecule has 1 aromatic heterocycles. The molecular weight excluding hydrogens is 759 g/mol. The Hall–Kier alpha value is -4.98. The smallest absolute Gasteiger partial charge is 0.259 e. The van der Waals surface area contributed by atoms with Crippen LogP contribution in [0.25, 0.3) is 22.2 Å². The predicted octanol–water partition coefficient (Wildman–Crippen LogP) is 5.63. The van der Waals surface area contributed by atoms with Crippen LogP contribution in [0.2, 0.25) is 0 Å². The highest BCUT2D eigenvalue weighted by molar-refractivity contribution is 7.91. The van der Waals surface area contributed by atoms with Crippen LogP contribution in [0.1, 0.15) is 80.1 Å². The molecule has 3 aromatic rings. The molecule has 0 unspecified atom stereocenters. The number of carbonyl (C=O) groups is 4. The molecule has 6 rings (SSSR count). The van der Waals surface area contributed by atoms with Gasteiger partial charge < -0.3 is 24.6 Å². The molecular formula is C44H57N5O8S. The van der Waals surface area contributed by atoms with Gasteiger partial charge in [-0.05, 0) is 64.0 Å². The van der Waals surface area contributed by atoms with E-state index in [9.17, 15) is 27.6 Å². The van der Waals surface area contributed by atoms with Gasteiger partial charge in [0.2, 0.25) is 27.7 Å². The molecule has 5 atom stereocenters. The molecule has 3 heterocycles. The fraction of sp³-hybridized carbons (Fsp3) is 0.523. The molecule has 3 fully saturated rings. The number of likely N-dealkylation sites (tertiary alicyclic amines) is 2. The summed E-state index contributed by atoms with van der Waals surface area (Å²) in [6, 6.07) is 15.9. The number of sulfonamides is 1. The average Bonchev–Trinajstić information content (AvgIpc) is 3.74. The minimum atomic E-state index is -4.11. The Morgan fingerprint density at radius 3 is 2.29 bits per heavy atom. The zero-order valence-corrected chi connectivity index (χ0v) is 35.5. The van der Waals surface area contributed by atoms with E-state index in [2.05, 4.69) is 16.6 Å². The van der Waals surface area contributed by atoms with Crippen LogP contribution < -0.4 is 19.5 Å². The molecule has 4 amide bonds. The van der Waals surface area contributed by atoms with Gasteiger partial charge in [-0.2, -0.15) is 0 Å². The van der Waals surface area contributed by atoms with Crippen molar-refractivity contribution < 1.29 is 37.1 Å². The first-order valence-electron chi connectivity index (χ1n) is 20.1. The molecule has 3 aliphatic rings. The van der Waals surface area contributed by atoms with E-state index in [1.54, 1.807) is 7.11 Å². The first kappa shape index (κ1) is 42.6. The first-order chi connectivity index (χ1) is 27.3. The van der Waals surface area contributed by atoms with Gasteiger partial charge in [-0.1, -0.05) is 57.2 Å². The Balaban J connectivity index is 1.35. The average molecular weight is 816 g/mol. The molecule has 2 N–H and O–H groups in total. The van der Waals surface area contributed by atoms with E-state index in [-0.39, 0.29) is 37.6 Å². The number of nitrogens with zero attached hydrogens (tertiary/aromatic N) is 3. The van der Waals surface area contributed by atoms with Crippen LogP contribution in [0, 0.1) is 17.3 Å². The van der Waals surface area contributed by atoms with Crippen LogP contribution in [-0.2, 0) is 29.2 Å². The summed E-state index contributed by atoms with van der Waals surface area (Å²) in [4.78, 5) is 65.1. The predicted molar refractivity (Wildman–Crippen MR) is 222 cm³/mol. The standard InChI is InChI=1S/C44H57N5O8S/c1-9-29-26-44(29,41(53)47-58(54,55)43(5,6)7)46-39(51)36-23-31(27-49(36)40(52)33(42(2,3)4)24-38(50)48-20-14-11-15-21-48)57-37-25-34(28-16-12-10-13-17-28)45-35-22-30(56-8)18-19-32(35)37/h9-10,12-13,16-19,22,25,29,31,33,36H,1,11,14-15,20-21,23-24,26-27H2,2-8H3,(H,46,51)(H,47,53)/t29-,31-,33-,36+,44-/m1/s1. The summed E-state index contributed by atoms with van der Waals surface area (Å²) in [5.74, 6) is -2.17. The number of amides is 4. The number of ether oxygens (including phenoxy) is 2. The third-order valence-corrected chi connectivity index (χ3v) is 13.8. The van der Waals surface area contributed by atoms with Crippen molar-refractivity contribution in [2.45, 2.75) is 102 Å². The molecule has 0 radical (unpaired) electrons. The molecule has 13 nitrogen and oxygen atoms in total. The van der Waals surface area contributed by atoms with Crippen LogP contribution in [0.15, 0.2) is 67.3 Å². The Morgan fingerprint density at radius 2 is 1.69 bits per heavy atom. The normalized spacial score (nSPS) is 22.8. The Morgan fingerprint density at radius 1 is 1.00 bits per heavy atom. The molecule has 58 heavy (non-hydrogen) atoms. The number of hydrogen-bond acceptors (Lipinski definition) is 9. The van der Waals surface area contributed by atoms with Crippen molar-refractivity contribution in [2.75, 3.05) is 26.7 Å². The zero-order valence-electron chi connectivity index (χ0n) is 34.7. The van der Waals surface area contributed by atoms with E-state index in [1.165, 1.54) is 31.7 Å². The Labute approximate surface area is 342 Å². The number of pyridine rings is 1. The van der Waals surface area contributed by atoms with Crippen molar-refractivity contribution in [3.63, 3.8) is 0 Å². The summed E-state index contributed by atoms with van der Waals surface area (Å²) in [6.45, 7) is 15.3. The van der Waals surface area contributed by atoms with Gasteiger partial charge in [-0.15, -0.1) is 6.58 Å². The zero-order chi connectivity index (χ0) is 42.2. The summed E-state index contributed by atoms with van der Waals surface area (Å²) in [6.07, 6.45) is 3.88. The lowest BCUT2D eigenvalue weighted by Crippen LogP contribution is -2.58. The second-order valence-electron chi connectivity index (χ2n) is 17.9. The number of hydrogen-bond donors (Lipinski definition) is 2. The summed E-state index contributed by atoms with van der Waals surface area (Å²) < 4.78 is 39.3. The lowest BCUT2D eigenvalue weighted by Gasteiger charge is -2.36. The highest BCUT2D eigenvalue weighted by atomic mass is 32.2. The number of piperidine rings is 1. The van der Waals surface area contributed by atoms with Crippen molar-refractivity contribution in [3.05, 3.63) is 67.3 Å². The highest BCUT2D eigenvalue weighted by Gasteiger charge is 2.62. The first-order valence-corrected chi connectivity index (χ1v) is 21.6. The van der Waals surface area contributed by atoms with Crippen LogP contribution in [0.4, 0.5) is 0 Å². The third-order valence-electron chi connectivity index (χ3n) is 11.7. The molecule has 2 aromatic carbocycles. The number of nitrogens with one attached hydrogen (secondary N) is 2. The van der Waals surface area contributed by atoms with Gasteiger partial charge in [-0.25, -0.2) is 13.4 Å².